The lowest BCUT2D eigenvalue weighted by atomic mass is 9.69. The largest absolute Gasteiger partial charge is 0.494 e. The highest BCUT2D eigenvalue weighted by atomic mass is 16.5. The molecule has 2 aliphatic rings. The van der Waals surface area contributed by atoms with Gasteiger partial charge in [0, 0.05) is 12.0 Å². The van der Waals surface area contributed by atoms with Gasteiger partial charge in [-0.2, -0.15) is 0 Å². The molecule has 1 heterocycles. The summed E-state index contributed by atoms with van der Waals surface area (Å²) in [6, 6.07) is 5.95. The monoisotopic (exact) mass is 288 g/mol. The summed E-state index contributed by atoms with van der Waals surface area (Å²) in [6.07, 6.45) is 5.75. The minimum absolute atomic E-state index is 0.0399. The average molecular weight is 288 g/mol. The minimum Gasteiger partial charge on any atom is -0.494 e. The Hall–Kier alpha value is -1.51. The molecule has 1 aliphatic carbocycles. The van der Waals surface area contributed by atoms with E-state index in [-0.39, 0.29) is 11.9 Å². The summed E-state index contributed by atoms with van der Waals surface area (Å²) in [5.41, 5.74) is 1.19. The Kier molecular flexibility index (Phi) is 4.18. The molecule has 1 aromatic carbocycles. The molecule has 1 saturated carbocycles. The third kappa shape index (κ3) is 2.78. The summed E-state index contributed by atoms with van der Waals surface area (Å²) in [7, 11) is 0. The Labute approximate surface area is 126 Å². The van der Waals surface area contributed by atoms with Crippen molar-refractivity contribution >= 4 is 5.97 Å². The van der Waals surface area contributed by atoms with Crippen LogP contribution in [0.1, 0.15) is 57.4 Å². The Morgan fingerprint density at radius 3 is 2.86 bits per heavy atom. The average Bonchev–Trinajstić information content (AvgIpc) is 2.48. The molecule has 1 fully saturated rings. The minimum atomic E-state index is -0.0399. The number of hydrogen-bond donors (Lipinski definition) is 0. The lowest BCUT2D eigenvalue weighted by Gasteiger charge is -2.38. The highest BCUT2D eigenvalue weighted by Gasteiger charge is 2.41. The molecule has 3 atom stereocenters. The van der Waals surface area contributed by atoms with Crippen LogP contribution in [0.3, 0.4) is 0 Å². The molecular weight excluding hydrogens is 264 g/mol. The van der Waals surface area contributed by atoms with E-state index in [2.05, 4.69) is 13.0 Å². The molecule has 0 radical (unpaired) electrons. The van der Waals surface area contributed by atoms with Crippen molar-refractivity contribution in [2.24, 2.45) is 11.8 Å². The number of hydrogen-bond acceptors (Lipinski definition) is 3. The first-order chi connectivity index (χ1) is 10.2. The summed E-state index contributed by atoms with van der Waals surface area (Å²) in [4.78, 5) is 12.3. The molecule has 0 saturated heterocycles. The zero-order valence-electron chi connectivity index (χ0n) is 12.9. The molecule has 3 rings (SSSR count). The molecule has 3 unspecified atom stereocenters. The van der Waals surface area contributed by atoms with Crippen LogP contribution in [0.25, 0.3) is 0 Å². The molecule has 0 amide bonds. The predicted octanol–water partition coefficient (Wildman–Crippen LogP) is 4.30. The molecule has 3 heteroatoms. The van der Waals surface area contributed by atoms with Crippen LogP contribution in [-0.2, 0) is 4.79 Å². The Bertz CT molecular complexity index is 523. The van der Waals surface area contributed by atoms with Gasteiger partial charge in [0.25, 0.3) is 0 Å². The number of rotatable bonds is 4. The second kappa shape index (κ2) is 6.08. The fraction of sp³-hybridized carbons (Fsp3) is 0.611. The zero-order chi connectivity index (χ0) is 14.8. The number of ether oxygens (including phenoxy) is 2. The lowest BCUT2D eigenvalue weighted by Crippen LogP contribution is -2.36. The molecule has 1 aliphatic heterocycles. The summed E-state index contributed by atoms with van der Waals surface area (Å²) in [5.74, 6) is 2.53. The number of fused-ring (bicyclic) bond motifs is 3. The highest BCUT2D eigenvalue weighted by molar-refractivity contribution is 5.79. The van der Waals surface area contributed by atoms with Gasteiger partial charge in [-0.25, -0.2) is 0 Å². The van der Waals surface area contributed by atoms with Gasteiger partial charge in [-0.1, -0.05) is 25.8 Å². The molecule has 0 N–H and O–H groups in total. The molecule has 21 heavy (non-hydrogen) atoms. The van der Waals surface area contributed by atoms with E-state index in [1.54, 1.807) is 0 Å². The molecule has 114 valence electrons. The Morgan fingerprint density at radius 1 is 1.24 bits per heavy atom. The van der Waals surface area contributed by atoms with E-state index in [4.69, 9.17) is 9.47 Å². The normalized spacial score (nSPS) is 27.5. The smallest absolute Gasteiger partial charge is 0.314 e. The highest BCUT2D eigenvalue weighted by Crippen LogP contribution is 2.48. The molecule has 3 nitrogen and oxygen atoms in total. The maximum absolute atomic E-state index is 12.3. The van der Waals surface area contributed by atoms with E-state index < -0.39 is 0 Å². The van der Waals surface area contributed by atoms with Gasteiger partial charge in [0.05, 0.1) is 12.5 Å². The maximum atomic E-state index is 12.3. The standard InChI is InChI=1S/C18H24O3/c1-3-5-12-6-8-14-15-9-7-13(20-4-2)11-17(15)21-18(19)16(14)10-12/h7,9,11-12,14,16H,3-6,8,10H2,1-2H3. The zero-order valence-corrected chi connectivity index (χ0v) is 12.9. The topological polar surface area (TPSA) is 35.5 Å². The van der Waals surface area contributed by atoms with Crippen molar-refractivity contribution in [1.82, 2.24) is 0 Å². The van der Waals surface area contributed by atoms with Gasteiger partial charge >= 0.3 is 5.97 Å². The van der Waals surface area contributed by atoms with Crippen LogP contribution in [0.5, 0.6) is 11.5 Å². The second-order valence-electron chi connectivity index (χ2n) is 6.23. The summed E-state index contributed by atoms with van der Waals surface area (Å²) in [5, 5.41) is 0. The van der Waals surface area contributed by atoms with E-state index in [1.807, 2.05) is 19.1 Å². The number of carbonyl (C=O) groups excluding carboxylic acids is 1. The van der Waals surface area contributed by atoms with Gasteiger partial charge in [0.2, 0.25) is 0 Å². The number of esters is 1. The van der Waals surface area contributed by atoms with Gasteiger partial charge in [-0.3, -0.25) is 4.79 Å². The maximum Gasteiger partial charge on any atom is 0.314 e. The van der Waals surface area contributed by atoms with Crippen molar-refractivity contribution in [3.05, 3.63) is 23.8 Å². The second-order valence-corrected chi connectivity index (χ2v) is 6.23. The van der Waals surface area contributed by atoms with Crippen LogP contribution in [0.4, 0.5) is 0 Å². The third-order valence-electron chi connectivity index (χ3n) is 4.86. The van der Waals surface area contributed by atoms with Crippen molar-refractivity contribution in [2.45, 2.75) is 51.9 Å². The quantitative estimate of drug-likeness (QED) is 0.612. The van der Waals surface area contributed by atoms with Crippen LogP contribution < -0.4 is 9.47 Å². The van der Waals surface area contributed by atoms with E-state index in [9.17, 15) is 4.79 Å². The Balaban J connectivity index is 1.84. The fourth-order valence-electron chi connectivity index (χ4n) is 3.91. The van der Waals surface area contributed by atoms with Crippen LogP contribution in [0.2, 0.25) is 0 Å². The van der Waals surface area contributed by atoms with Gasteiger partial charge in [0.15, 0.2) is 0 Å². The summed E-state index contributed by atoms with van der Waals surface area (Å²) < 4.78 is 11.1. The van der Waals surface area contributed by atoms with Gasteiger partial charge in [-0.15, -0.1) is 0 Å². The molecule has 0 spiro atoms. The van der Waals surface area contributed by atoms with Crippen molar-refractivity contribution in [2.75, 3.05) is 6.61 Å². The Morgan fingerprint density at radius 2 is 2.10 bits per heavy atom. The van der Waals surface area contributed by atoms with E-state index in [0.29, 0.717) is 24.2 Å². The van der Waals surface area contributed by atoms with Gasteiger partial charge in [-0.05, 0) is 43.7 Å². The van der Waals surface area contributed by atoms with Crippen molar-refractivity contribution in [3.8, 4) is 11.5 Å². The molecule has 0 bridgehead atoms. The predicted molar refractivity (Wildman–Crippen MR) is 81.7 cm³/mol. The van der Waals surface area contributed by atoms with Crippen LogP contribution in [0.15, 0.2) is 18.2 Å². The van der Waals surface area contributed by atoms with Crippen molar-refractivity contribution in [3.63, 3.8) is 0 Å². The first-order valence-corrected chi connectivity index (χ1v) is 8.21. The third-order valence-corrected chi connectivity index (χ3v) is 4.86. The molecule has 1 aromatic rings. The van der Waals surface area contributed by atoms with E-state index >= 15 is 0 Å². The van der Waals surface area contributed by atoms with Crippen LogP contribution in [0, 0.1) is 11.8 Å². The molecule has 0 aromatic heterocycles. The molecular formula is C18H24O3. The lowest BCUT2D eigenvalue weighted by molar-refractivity contribution is -0.143. The van der Waals surface area contributed by atoms with Crippen molar-refractivity contribution < 1.29 is 14.3 Å². The first kappa shape index (κ1) is 14.4. The fourth-order valence-corrected chi connectivity index (χ4v) is 3.91. The van der Waals surface area contributed by atoms with Crippen LogP contribution >= 0.6 is 0 Å². The van der Waals surface area contributed by atoms with E-state index in [1.165, 1.54) is 24.8 Å². The summed E-state index contributed by atoms with van der Waals surface area (Å²) in [6.45, 7) is 4.80. The van der Waals surface area contributed by atoms with Gasteiger partial charge in [0.1, 0.15) is 11.5 Å². The van der Waals surface area contributed by atoms with E-state index in [0.717, 1.165) is 18.6 Å². The number of carbonyl (C=O) groups is 1. The van der Waals surface area contributed by atoms with Crippen molar-refractivity contribution in [1.29, 1.82) is 0 Å². The first-order valence-electron chi connectivity index (χ1n) is 8.21. The van der Waals surface area contributed by atoms with Crippen LogP contribution in [-0.4, -0.2) is 12.6 Å². The van der Waals surface area contributed by atoms with Gasteiger partial charge < -0.3 is 9.47 Å². The summed E-state index contributed by atoms with van der Waals surface area (Å²) >= 11 is 0. The number of benzene rings is 1. The SMILES string of the molecule is CCCC1CCC2c3ccc(OCC)cc3OC(=O)C2C1.